The van der Waals surface area contributed by atoms with Crippen LogP contribution in [0.5, 0.6) is 0 Å². The Labute approximate surface area is 102 Å². The molecule has 0 spiro atoms. The third-order valence-electron chi connectivity index (χ3n) is 2.85. The number of rotatable bonds is 6. The third-order valence-corrected chi connectivity index (χ3v) is 2.85. The van der Waals surface area contributed by atoms with E-state index < -0.39 is 0 Å². The van der Waals surface area contributed by atoms with Crippen LogP contribution in [0, 0.1) is 0 Å². The Balaban J connectivity index is 2.28. The molecule has 1 aliphatic rings. The summed E-state index contributed by atoms with van der Waals surface area (Å²) in [6.45, 7) is 4.22. The fourth-order valence-corrected chi connectivity index (χ4v) is 1.94. The summed E-state index contributed by atoms with van der Waals surface area (Å²) in [4.78, 5) is 35.3. The molecule has 1 heterocycles. The van der Waals surface area contributed by atoms with Gasteiger partial charge in [-0.15, -0.1) is 0 Å². The minimum absolute atomic E-state index is 0.0987. The van der Waals surface area contributed by atoms with Gasteiger partial charge in [0.25, 0.3) is 0 Å². The van der Waals surface area contributed by atoms with Crippen molar-refractivity contribution >= 4 is 17.7 Å². The van der Waals surface area contributed by atoms with Crippen LogP contribution in [0.2, 0.25) is 0 Å². The maximum Gasteiger partial charge on any atom is 0.229 e. The van der Waals surface area contributed by atoms with Gasteiger partial charge < -0.3 is 5.32 Å². The molecule has 0 aliphatic carbocycles. The standard InChI is InChI=1S/C12H20N2O3/c1-3-4-9(2)13-10(15)7-8-14-11(16)5-6-12(14)17/h9H,3-8H2,1-2H3,(H,13,15)/t9-/m0/s1. The smallest absolute Gasteiger partial charge is 0.229 e. The molecule has 5 nitrogen and oxygen atoms in total. The lowest BCUT2D eigenvalue weighted by molar-refractivity contribution is -0.138. The van der Waals surface area contributed by atoms with Crippen molar-refractivity contribution in [1.29, 1.82) is 0 Å². The number of likely N-dealkylation sites (tertiary alicyclic amines) is 1. The van der Waals surface area contributed by atoms with Crippen molar-refractivity contribution < 1.29 is 14.4 Å². The Hall–Kier alpha value is -1.39. The first-order chi connectivity index (χ1) is 8.04. The fourth-order valence-electron chi connectivity index (χ4n) is 1.94. The van der Waals surface area contributed by atoms with E-state index in [9.17, 15) is 14.4 Å². The zero-order valence-corrected chi connectivity index (χ0v) is 10.5. The number of nitrogens with zero attached hydrogens (tertiary/aromatic N) is 1. The second-order valence-electron chi connectivity index (χ2n) is 4.45. The molecule has 3 amide bonds. The van der Waals surface area contributed by atoms with E-state index >= 15 is 0 Å². The molecule has 1 N–H and O–H groups in total. The van der Waals surface area contributed by atoms with Crippen LogP contribution in [0.3, 0.4) is 0 Å². The van der Waals surface area contributed by atoms with Crippen molar-refractivity contribution in [2.45, 2.75) is 52.0 Å². The highest BCUT2D eigenvalue weighted by molar-refractivity contribution is 6.02. The highest BCUT2D eigenvalue weighted by Crippen LogP contribution is 2.11. The van der Waals surface area contributed by atoms with E-state index in [0.29, 0.717) is 0 Å². The molecule has 0 radical (unpaired) electrons. The van der Waals surface area contributed by atoms with Crippen molar-refractivity contribution in [2.24, 2.45) is 0 Å². The highest BCUT2D eigenvalue weighted by atomic mass is 16.2. The molecule has 17 heavy (non-hydrogen) atoms. The molecule has 0 bridgehead atoms. The Bertz CT molecular complexity index is 299. The van der Waals surface area contributed by atoms with Crippen molar-refractivity contribution in [2.75, 3.05) is 6.54 Å². The molecule has 1 aliphatic heterocycles. The minimum Gasteiger partial charge on any atom is -0.354 e. The lowest BCUT2D eigenvalue weighted by Gasteiger charge is -2.15. The van der Waals surface area contributed by atoms with Gasteiger partial charge in [-0.05, 0) is 13.3 Å². The number of hydrogen-bond donors (Lipinski definition) is 1. The summed E-state index contributed by atoms with van der Waals surface area (Å²) in [6, 6.07) is 0.150. The van der Waals surface area contributed by atoms with E-state index in [0.717, 1.165) is 12.8 Å². The summed E-state index contributed by atoms with van der Waals surface area (Å²) >= 11 is 0. The first-order valence-electron chi connectivity index (χ1n) is 6.17. The van der Waals surface area contributed by atoms with E-state index in [1.165, 1.54) is 4.90 Å². The molecule has 1 fully saturated rings. The Morgan fingerprint density at radius 1 is 1.35 bits per heavy atom. The number of nitrogens with one attached hydrogen (secondary N) is 1. The molecule has 1 saturated heterocycles. The normalized spacial score (nSPS) is 17.4. The van der Waals surface area contributed by atoms with Gasteiger partial charge in [0.2, 0.25) is 17.7 Å². The summed E-state index contributed by atoms with van der Waals surface area (Å²) in [5, 5.41) is 2.85. The summed E-state index contributed by atoms with van der Waals surface area (Å²) in [5.74, 6) is -0.424. The second-order valence-corrected chi connectivity index (χ2v) is 4.45. The first-order valence-corrected chi connectivity index (χ1v) is 6.17. The average molecular weight is 240 g/mol. The summed E-state index contributed by atoms with van der Waals surface area (Å²) in [7, 11) is 0. The maximum absolute atomic E-state index is 11.5. The van der Waals surface area contributed by atoms with Crippen LogP contribution < -0.4 is 5.32 Å². The predicted octanol–water partition coefficient (Wildman–Crippen LogP) is 0.830. The third kappa shape index (κ3) is 4.17. The van der Waals surface area contributed by atoms with Gasteiger partial charge >= 0.3 is 0 Å². The van der Waals surface area contributed by atoms with Crippen LogP contribution in [0.15, 0.2) is 0 Å². The van der Waals surface area contributed by atoms with Crippen LogP contribution in [-0.4, -0.2) is 35.2 Å². The molecule has 0 unspecified atom stereocenters. The molecule has 0 aromatic carbocycles. The quantitative estimate of drug-likeness (QED) is 0.699. The molecular weight excluding hydrogens is 220 g/mol. The maximum atomic E-state index is 11.5. The zero-order chi connectivity index (χ0) is 12.8. The van der Waals surface area contributed by atoms with Gasteiger partial charge in [-0.3, -0.25) is 19.3 Å². The molecular formula is C12H20N2O3. The number of hydrogen-bond acceptors (Lipinski definition) is 3. The van der Waals surface area contributed by atoms with E-state index in [-0.39, 0.29) is 49.6 Å². The minimum atomic E-state index is -0.163. The lowest BCUT2D eigenvalue weighted by Crippen LogP contribution is -2.37. The summed E-state index contributed by atoms with van der Waals surface area (Å²) in [5.41, 5.74) is 0. The van der Waals surface area contributed by atoms with E-state index in [1.54, 1.807) is 0 Å². The molecule has 0 aromatic heterocycles. The number of carbonyl (C=O) groups excluding carboxylic acids is 3. The molecule has 96 valence electrons. The molecule has 0 aromatic rings. The number of amides is 3. The Kier molecular flexibility index (Phi) is 5.12. The van der Waals surface area contributed by atoms with Crippen LogP contribution in [0.4, 0.5) is 0 Å². The van der Waals surface area contributed by atoms with E-state index in [1.807, 2.05) is 6.92 Å². The van der Waals surface area contributed by atoms with Crippen LogP contribution in [0.25, 0.3) is 0 Å². The largest absolute Gasteiger partial charge is 0.354 e. The van der Waals surface area contributed by atoms with Gasteiger partial charge in [-0.25, -0.2) is 0 Å². The van der Waals surface area contributed by atoms with Crippen molar-refractivity contribution in [1.82, 2.24) is 10.2 Å². The second kappa shape index (κ2) is 6.37. The molecule has 1 atom stereocenters. The van der Waals surface area contributed by atoms with E-state index in [4.69, 9.17) is 0 Å². The Morgan fingerprint density at radius 3 is 2.47 bits per heavy atom. The topological polar surface area (TPSA) is 66.5 Å². The highest BCUT2D eigenvalue weighted by Gasteiger charge is 2.28. The molecule has 1 rings (SSSR count). The van der Waals surface area contributed by atoms with E-state index in [2.05, 4.69) is 12.2 Å². The van der Waals surface area contributed by atoms with Crippen LogP contribution in [-0.2, 0) is 14.4 Å². The fraction of sp³-hybridized carbons (Fsp3) is 0.750. The number of carbonyl (C=O) groups is 3. The van der Waals surface area contributed by atoms with Gasteiger partial charge in [0.1, 0.15) is 0 Å². The predicted molar refractivity (Wildman–Crippen MR) is 63.1 cm³/mol. The molecule has 0 saturated carbocycles. The van der Waals surface area contributed by atoms with Gasteiger partial charge in [0, 0.05) is 31.8 Å². The van der Waals surface area contributed by atoms with Gasteiger partial charge in [-0.2, -0.15) is 0 Å². The zero-order valence-electron chi connectivity index (χ0n) is 10.5. The average Bonchev–Trinajstić information content (AvgIpc) is 2.56. The van der Waals surface area contributed by atoms with Gasteiger partial charge in [-0.1, -0.05) is 13.3 Å². The van der Waals surface area contributed by atoms with Gasteiger partial charge in [0.05, 0.1) is 0 Å². The molecule has 5 heteroatoms. The summed E-state index contributed by atoms with van der Waals surface area (Å²) in [6.07, 6.45) is 2.72. The van der Waals surface area contributed by atoms with Crippen molar-refractivity contribution in [3.63, 3.8) is 0 Å². The van der Waals surface area contributed by atoms with Crippen LogP contribution >= 0.6 is 0 Å². The van der Waals surface area contributed by atoms with Crippen LogP contribution in [0.1, 0.15) is 46.0 Å². The lowest BCUT2D eigenvalue weighted by atomic mass is 10.2. The SMILES string of the molecule is CCC[C@H](C)NC(=O)CCN1C(=O)CCC1=O. The monoisotopic (exact) mass is 240 g/mol. The number of imide groups is 1. The van der Waals surface area contributed by atoms with Crippen molar-refractivity contribution in [3.8, 4) is 0 Å². The Morgan fingerprint density at radius 2 is 1.94 bits per heavy atom. The summed E-state index contributed by atoms with van der Waals surface area (Å²) < 4.78 is 0. The van der Waals surface area contributed by atoms with Gasteiger partial charge in [0.15, 0.2) is 0 Å². The van der Waals surface area contributed by atoms with Crippen molar-refractivity contribution in [3.05, 3.63) is 0 Å². The first kappa shape index (κ1) is 13.7.